The van der Waals surface area contributed by atoms with E-state index in [2.05, 4.69) is 9.47 Å². The third-order valence-electron chi connectivity index (χ3n) is 2.83. The molecule has 0 bridgehead atoms. The van der Waals surface area contributed by atoms with Gasteiger partial charge in [0.05, 0.1) is 38.0 Å². The second-order valence-corrected chi connectivity index (χ2v) is 3.88. The Kier molecular flexibility index (Phi) is 7.75. The molecule has 0 aliphatic heterocycles. The Hall–Kier alpha value is -2.37. The zero-order valence-corrected chi connectivity index (χ0v) is 13.1. The van der Waals surface area contributed by atoms with Crippen molar-refractivity contribution in [2.24, 2.45) is 0 Å². The second kappa shape index (κ2) is 8.73. The normalized spacial score (nSPS) is 13.2. The molecular weight excluding hydrogens is 276 g/mol. The Morgan fingerprint density at radius 1 is 0.714 bits per heavy atom. The number of carbonyl (C=O) groups excluding carboxylic acids is 3. The monoisotopic (exact) mass is 296 g/mol. The molecule has 0 atom stereocenters. The van der Waals surface area contributed by atoms with Crippen LogP contribution in [0.25, 0.3) is 0 Å². The molecule has 0 aliphatic carbocycles. The molecule has 0 N–H and O–H groups in total. The number of carbonyl (C=O) groups is 3. The van der Waals surface area contributed by atoms with Crippen LogP contribution in [0.3, 0.4) is 0 Å². The van der Waals surface area contributed by atoms with Crippen LogP contribution >= 0.6 is 0 Å². The summed E-state index contributed by atoms with van der Waals surface area (Å²) in [5, 5.41) is 0. The van der Waals surface area contributed by atoms with Crippen LogP contribution in [-0.2, 0) is 28.6 Å². The Labute approximate surface area is 124 Å². The second-order valence-electron chi connectivity index (χ2n) is 3.88. The van der Waals surface area contributed by atoms with E-state index < -0.39 is 17.9 Å². The average molecular weight is 296 g/mol. The molecule has 0 saturated carbocycles. The molecule has 21 heavy (non-hydrogen) atoms. The van der Waals surface area contributed by atoms with Crippen LogP contribution in [0.5, 0.6) is 0 Å². The minimum absolute atomic E-state index is 0.0186. The standard InChI is InChI=1S/C15H20O6/c1-7-10(13(16)19-4)9(3)12(15(18)21-6)11(8-2)14(17)20-5/h7-8H,1-6H3/b10-7+,11-8+,12-9-. The predicted molar refractivity (Wildman–Crippen MR) is 76.3 cm³/mol. The van der Waals surface area contributed by atoms with Crippen molar-refractivity contribution in [1.29, 1.82) is 0 Å². The highest BCUT2D eigenvalue weighted by Crippen LogP contribution is 2.24. The van der Waals surface area contributed by atoms with Crippen molar-refractivity contribution in [2.75, 3.05) is 21.3 Å². The molecule has 0 saturated heterocycles. The lowest BCUT2D eigenvalue weighted by Crippen LogP contribution is -2.19. The number of hydrogen-bond donors (Lipinski definition) is 0. The van der Waals surface area contributed by atoms with Gasteiger partial charge in [0.1, 0.15) is 0 Å². The number of esters is 3. The lowest BCUT2D eigenvalue weighted by atomic mass is 9.95. The molecule has 0 aromatic heterocycles. The SMILES string of the molecule is C\C=C(C(=O)OC)/C(C)=C(C(=O)OC)/C(=C\C)C(=O)OC. The highest BCUT2D eigenvalue weighted by atomic mass is 16.5. The fourth-order valence-corrected chi connectivity index (χ4v) is 1.77. The molecule has 0 aromatic carbocycles. The topological polar surface area (TPSA) is 78.9 Å². The van der Waals surface area contributed by atoms with Crippen molar-refractivity contribution < 1.29 is 28.6 Å². The Morgan fingerprint density at radius 3 is 1.43 bits per heavy atom. The number of ether oxygens (including phenoxy) is 3. The van der Waals surface area contributed by atoms with Gasteiger partial charge in [-0.2, -0.15) is 0 Å². The van der Waals surface area contributed by atoms with Crippen LogP contribution in [0.4, 0.5) is 0 Å². The Balaban J connectivity index is 6.26. The molecule has 0 aliphatic rings. The molecule has 0 aromatic rings. The van der Waals surface area contributed by atoms with Crippen molar-refractivity contribution in [1.82, 2.24) is 0 Å². The number of allylic oxidation sites excluding steroid dienone is 2. The molecule has 0 radical (unpaired) electrons. The van der Waals surface area contributed by atoms with Gasteiger partial charge < -0.3 is 14.2 Å². The maximum Gasteiger partial charge on any atom is 0.339 e. The van der Waals surface area contributed by atoms with Gasteiger partial charge in [0.25, 0.3) is 0 Å². The quantitative estimate of drug-likeness (QED) is 0.332. The van der Waals surface area contributed by atoms with Crippen LogP contribution < -0.4 is 0 Å². The highest BCUT2D eigenvalue weighted by molar-refractivity contribution is 6.09. The van der Waals surface area contributed by atoms with Gasteiger partial charge in [-0.1, -0.05) is 12.2 Å². The van der Waals surface area contributed by atoms with Crippen LogP contribution in [0, 0.1) is 0 Å². The van der Waals surface area contributed by atoms with Crippen LogP contribution in [0.15, 0.2) is 34.4 Å². The lowest BCUT2D eigenvalue weighted by molar-refractivity contribution is -0.139. The molecule has 0 amide bonds. The first-order valence-corrected chi connectivity index (χ1v) is 6.18. The maximum absolute atomic E-state index is 12.0. The summed E-state index contributed by atoms with van der Waals surface area (Å²) in [6, 6.07) is 0. The zero-order chi connectivity index (χ0) is 16.6. The van der Waals surface area contributed by atoms with Gasteiger partial charge in [0.2, 0.25) is 0 Å². The lowest BCUT2D eigenvalue weighted by Gasteiger charge is -2.14. The number of hydrogen-bond acceptors (Lipinski definition) is 6. The van der Waals surface area contributed by atoms with Crippen molar-refractivity contribution in [3.05, 3.63) is 34.4 Å². The van der Waals surface area contributed by atoms with E-state index in [1.54, 1.807) is 13.8 Å². The van der Waals surface area contributed by atoms with Gasteiger partial charge in [-0.15, -0.1) is 0 Å². The van der Waals surface area contributed by atoms with Crippen LogP contribution in [0.1, 0.15) is 20.8 Å². The highest BCUT2D eigenvalue weighted by Gasteiger charge is 2.27. The summed E-state index contributed by atoms with van der Waals surface area (Å²) >= 11 is 0. The maximum atomic E-state index is 12.0. The first-order valence-electron chi connectivity index (χ1n) is 6.18. The van der Waals surface area contributed by atoms with Crippen LogP contribution in [0.2, 0.25) is 0 Å². The molecule has 0 heterocycles. The number of methoxy groups -OCH3 is 3. The molecule has 0 rings (SSSR count). The van der Waals surface area contributed by atoms with Crippen molar-refractivity contribution in [3.8, 4) is 0 Å². The summed E-state index contributed by atoms with van der Waals surface area (Å²) in [7, 11) is 3.62. The third-order valence-corrected chi connectivity index (χ3v) is 2.83. The van der Waals surface area contributed by atoms with Crippen LogP contribution in [-0.4, -0.2) is 39.2 Å². The molecule has 0 unspecified atom stereocenters. The zero-order valence-electron chi connectivity index (χ0n) is 13.1. The summed E-state index contributed by atoms with van der Waals surface area (Å²) in [5.41, 5.74) is 0.423. The Bertz CT molecular complexity index is 522. The van der Waals surface area contributed by atoms with Gasteiger partial charge >= 0.3 is 17.9 Å². The first-order chi connectivity index (χ1) is 9.89. The first kappa shape index (κ1) is 18.6. The molecule has 6 nitrogen and oxygen atoms in total. The Morgan fingerprint density at radius 2 is 1.10 bits per heavy atom. The van der Waals surface area contributed by atoms with Gasteiger partial charge in [-0.3, -0.25) is 0 Å². The minimum Gasteiger partial charge on any atom is -0.465 e. The third kappa shape index (κ3) is 4.30. The van der Waals surface area contributed by atoms with E-state index in [1.165, 1.54) is 40.4 Å². The van der Waals surface area contributed by atoms with E-state index in [0.29, 0.717) is 0 Å². The minimum atomic E-state index is -0.741. The van der Waals surface area contributed by atoms with E-state index in [9.17, 15) is 14.4 Å². The number of rotatable bonds is 5. The molecule has 0 spiro atoms. The molecule has 0 fully saturated rings. The fourth-order valence-electron chi connectivity index (χ4n) is 1.77. The summed E-state index contributed by atoms with van der Waals surface area (Å²) in [4.78, 5) is 35.5. The summed E-state index contributed by atoms with van der Waals surface area (Å²) in [5.74, 6) is -2.05. The largest absolute Gasteiger partial charge is 0.465 e. The molecule has 6 heteroatoms. The van der Waals surface area contributed by atoms with Gasteiger partial charge in [-0.25, -0.2) is 14.4 Å². The summed E-state index contributed by atoms with van der Waals surface area (Å²) < 4.78 is 14.0. The smallest absolute Gasteiger partial charge is 0.339 e. The van der Waals surface area contributed by atoms with Gasteiger partial charge in [-0.05, 0) is 26.3 Å². The fraction of sp³-hybridized carbons (Fsp3) is 0.400. The summed E-state index contributed by atoms with van der Waals surface area (Å²) in [6.07, 6.45) is 2.92. The average Bonchev–Trinajstić information content (AvgIpc) is 2.50. The van der Waals surface area contributed by atoms with E-state index in [0.717, 1.165) is 0 Å². The van der Waals surface area contributed by atoms with Crippen molar-refractivity contribution >= 4 is 17.9 Å². The van der Waals surface area contributed by atoms with E-state index in [-0.39, 0.29) is 22.3 Å². The van der Waals surface area contributed by atoms with Crippen molar-refractivity contribution in [3.63, 3.8) is 0 Å². The van der Waals surface area contributed by atoms with Gasteiger partial charge in [0, 0.05) is 0 Å². The summed E-state index contributed by atoms with van der Waals surface area (Å²) in [6.45, 7) is 4.74. The van der Waals surface area contributed by atoms with Crippen molar-refractivity contribution in [2.45, 2.75) is 20.8 Å². The van der Waals surface area contributed by atoms with E-state index >= 15 is 0 Å². The molecular formula is C15H20O6. The van der Waals surface area contributed by atoms with E-state index in [4.69, 9.17) is 4.74 Å². The molecule has 116 valence electrons. The predicted octanol–water partition coefficient (Wildman–Crippen LogP) is 1.71. The van der Waals surface area contributed by atoms with Gasteiger partial charge in [0.15, 0.2) is 0 Å². The van der Waals surface area contributed by atoms with E-state index in [1.807, 2.05) is 0 Å².